The molecule has 1 aliphatic rings. The minimum absolute atomic E-state index is 0.0281. The fourth-order valence-corrected chi connectivity index (χ4v) is 2.81. The average molecular weight is 277 g/mol. The predicted octanol–water partition coefficient (Wildman–Crippen LogP) is -0.490. The molecule has 0 unspecified atom stereocenters. The molecule has 1 heterocycles. The highest BCUT2D eigenvalue weighted by Gasteiger charge is 2.27. The van der Waals surface area contributed by atoms with Crippen molar-refractivity contribution in [3.8, 4) is 0 Å². The lowest BCUT2D eigenvalue weighted by Crippen LogP contribution is -2.51. The Hall–Kier alpha value is -0.660. The summed E-state index contributed by atoms with van der Waals surface area (Å²) in [5.74, 6) is -0.0519. The number of rotatable bonds is 4. The molecule has 1 rings (SSSR count). The van der Waals surface area contributed by atoms with E-state index in [2.05, 4.69) is 5.32 Å². The molecule has 0 spiro atoms. The van der Waals surface area contributed by atoms with Gasteiger partial charge >= 0.3 is 0 Å². The highest BCUT2D eigenvalue weighted by molar-refractivity contribution is 7.88. The van der Waals surface area contributed by atoms with Crippen molar-refractivity contribution in [1.82, 2.24) is 9.62 Å². The topological polar surface area (TPSA) is 92.5 Å². The number of nitrogens with two attached hydrogens (primary N) is 1. The second-order valence-electron chi connectivity index (χ2n) is 5.21. The summed E-state index contributed by atoms with van der Waals surface area (Å²) in [6, 6.07) is -0.474. The third-order valence-electron chi connectivity index (χ3n) is 3.29. The second-order valence-corrected chi connectivity index (χ2v) is 7.20. The van der Waals surface area contributed by atoms with E-state index < -0.39 is 16.1 Å². The number of carbonyl (C=O) groups is 1. The number of nitrogens with one attached hydrogen (secondary N) is 1. The molecule has 0 aromatic rings. The molecule has 106 valence electrons. The van der Waals surface area contributed by atoms with Crippen LogP contribution in [0.5, 0.6) is 0 Å². The van der Waals surface area contributed by atoms with Gasteiger partial charge in [-0.3, -0.25) is 4.79 Å². The smallest absolute Gasteiger partial charge is 0.237 e. The number of sulfonamides is 1. The molecule has 0 radical (unpaired) electrons. The molecule has 1 fully saturated rings. The van der Waals surface area contributed by atoms with Gasteiger partial charge in [0.15, 0.2) is 0 Å². The summed E-state index contributed by atoms with van der Waals surface area (Å²) >= 11 is 0. The van der Waals surface area contributed by atoms with E-state index in [1.165, 1.54) is 10.6 Å². The van der Waals surface area contributed by atoms with Gasteiger partial charge in [0.2, 0.25) is 15.9 Å². The third-order valence-corrected chi connectivity index (χ3v) is 4.59. The van der Waals surface area contributed by atoms with Gasteiger partial charge in [-0.05, 0) is 18.8 Å². The van der Waals surface area contributed by atoms with Gasteiger partial charge in [0.25, 0.3) is 0 Å². The lowest BCUT2D eigenvalue weighted by molar-refractivity contribution is -0.124. The maximum Gasteiger partial charge on any atom is 0.237 e. The summed E-state index contributed by atoms with van der Waals surface area (Å²) in [6.45, 7) is 4.72. The van der Waals surface area contributed by atoms with Crippen LogP contribution >= 0.6 is 0 Å². The van der Waals surface area contributed by atoms with Crippen LogP contribution in [0.4, 0.5) is 0 Å². The molecule has 7 heteroatoms. The Kier molecular flexibility index (Phi) is 5.12. The zero-order valence-electron chi connectivity index (χ0n) is 11.2. The largest absolute Gasteiger partial charge is 0.352 e. The van der Waals surface area contributed by atoms with E-state index in [1.807, 2.05) is 13.8 Å². The first-order chi connectivity index (χ1) is 8.21. The number of hydrogen-bond acceptors (Lipinski definition) is 4. The molecule has 0 aromatic carbocycles. The molecular formula is C11H23N3O3S. The lowest BCUT2D eigenvalue weighted by atomic mass is 10.0. The van der Waals surface area contributed by atoms with Gasteiger partial charge in [0, 0.05) is 19.1 Å². The summed E-state index contributed by atoms with van der Waals surface area (Å²) in [5.41, 5.74) is 5.76. The summed E-state index contributed by atoms with van der Waals surface area (Å²) < 4.78 is 24.1. The summed E-state index contributed by atoms with van der Waals surface area (Å²) in [5, 5.41) is 2.89. The molecule has 0 aromatic heterocycles. The Morgan fingerprint density at radius 3 is 2.22 bits per heavy atom. The number of carbonyl (C=O) groups excluding carboxylic acids is 1. The van der Waals surface area contributed by atoms with Gasteiger partial charge in [-0.2, -0.15) is 0 Å². The SMILES string of the molecule is CC(C)[C@H](N)C(=O)NC1CCN(S(C)(=O)=O)CC1. The zero-order valence-corrected chi connectivity index (χ0v) is 12.0. The minimum atomic E-state index is -3.11. The van der Waals surface area contributed by atoms with Crippen LogP contribution in [0.3, 0.4) is 0 Å². The molecule has 0 aliphatic carbocycles. The van der Waals surface area contributed by atoms with Crippen LogP contribution in [0.2, 0.25) is 0 Å². The number of piperidine rings is 1. The molecule has 1 atom stereocenters. The Balaban J connectivity index is 2.43. The van der Waals surface area contributed by atoms with Crippen LogP contribution in [0, 0.1) is 5.92 Å². The minimum Gasteiger partial charge on any atom is -0.352 e. The summed E-state index contributed by atoms with van der Waals surface area (Å²) in [6.07, 6.45) is 2.49. The van der Waals surface area contributed by atoms with Crippen LogP contribution in [0.15, 0.2) is 0 Å². The standard InChI is InChI=1S/C11H23N3O3S/c1-8(2)10(12)11(15)13-9-4-6-14(7-5-9)18(3,16)17/h8-10H,4-7,12H2,1-3H3,(H,13,15)/t10-/m0/s1. The van der Waals surface area contributed by atoms with E-state index in [-0.39, 0.29) is 17.9 Å². The van der Waals surface area contributed by atoms with Gasteiger partial charge in [-0.25, -0.2) is 12.7 Å². The molecule has 3 N–H and O–H groups in total. The average Bonchev–Trinajstić information content (AvgIpc) is 2.27. The van der Waals surface area contributed by atoms with Gasteiger partial charge < -0.3 is 11.1 Å². The molecule has 1 aliphatic heterocycles. The Labute approximate surface area is 109 Å². The van der Waals surface area contributed by atoms with Gasteiger partial charge in [0.05, 0.1) is 12.3 Å². The Bertz CT molecular complexity index is 386. The molecule has 0 saturated carbocycles. The van der Waals surface area contributed by atoms with E-state index in [9.17, 15) is 13.2 Å². The van der Waals surface area contributed by atoms with Crippen LogP contribution in [0.1, 0.15) is 26.7 Å². The first-order valence-electron chi connectivity index (χ1n) is 6.23. The lowest BCUT2D eigenvalue weighted by Gasteiger charge is -2.31. The molecule has 0 bridgehead atoms. The highest BCUT2D eigenvalue weighted by Crippen LogP contribution is 2.13. The fourth-order valence-electron chi connectivity index (χ4n) is 1.93. The zero-order chi connectivity index (χ0) is 13.9. The van der Waals surface area contributed by atoms with E-state index in [0.717, 1.165) is 0 Å². The molecule has 1 saturated heterocycles. The predicted molar refractivity (Wildman–Crippen MR) is 70.4 cm³/mol. The number of nitrogens with zero attached hydrogens (tertiary/aromatic N) is 1. The summed E-state index contributed by atoms with van der Waals surface area (Å²) in [4.78, 5) is 11.8. The second kappa shape index (κ2) is 5.99. The van der Waals surface area contributed by atoms with Gasteiger partial charge in [-0.15, -0.1) is 0 Å². The Morgan fingerprint density at radius 2 is 1.83 bits per heavy atom. The van der Waals surface area contributed by atoms with Crippen LogP contribution in [0.25, 0.3) is 0 Å². The van der Waals surface area contributed by atoms with E-state index in [1.54, 1.807) is 0 Å². The van der Waals surface area contributed by atoms with Crippen molar-refractivity contribution in [2.45, 2.75) is 38.8 Å². The first-order valence-corrected chi connectivity index (χ1v) is 8.07. The van der Waals surface area contributed by atoms with Crippen molar-refractivity contribution in [3.63, 3.8) is 0 Å². The van der Waals surface area contributed by atoms with Crippen LogP contribution < -0.4 is 11.1 Å². The van der Waals surface area contributed by atoms with E-state index in [4.69, 9.17) is 5.73 Å². The summed E-state index contributed by atoms with van der Waals surface area (Å²) in [7, 11) is -3.11. The maximum absolute atomic E-state index is 11.8. The first kappa shape index (κ1) is 15.4. The monoisotopic (exact) mass is 277 g/mol. The molecular weight excluding hydrogens is 254 g/mol. The maximum atomic E-state index is 11.8. The van der Waals surface area contributed by atoms with Crippen molar-refractivity contribution in [1.29, 1.82) is 0 Å². The molecule has 6 nitrogen and oxygen atoms in total. The highest BCUT2D eigenvalue weighted by atomic mass is 32.2. The quantitative estimate of drug-likeness (QED) is 0.725. The Morgan fingerprint density at radius 1 is 1.33 bits per heavy atom. The van der Waals surface area contributed by atoms with Crippen molar-refractivity contribution in [2.75, 3.05) is 19.3 Å². The number of hydrogen-bond donors (Lipinski definition) is 2. The van der Waals surface area contributed by atoms with Crippen molar-refractivity contribution >= 4 is 15.9 Å². The van der Waals surface area contributed by atoms with Crippen LogP contribution in [-0.4, -0.2) is 50.1 Å². The van der Waals surface area contributed by atoms with Gasteiger partial charge in [0.1, 0.15) is 0 Å². The van der Waals surface area contributed by atoms with E-state index >= 15 is 0 Å². The van der Waals surface area contributed by atoms with Crippen LogP contribution in [-0.2, 0) is 14.8 Å². The van der Waals surface area contributed by atoms with E-state index in [0.29, 0.717) is 25.9 Å². The normalized spacial score (nSPS) is 20.9. The number of amides is 1. The van der Waals surface area contributed by atoms with Crippen molar-refractivity contribution in [3.05, 3.63) is 0 Å². The van der Waals surface area contributed by atoms with Crippen molar-refractivity contribution in [2.24, 2.45) is 11.7 Å². The van der Waals surface area contributed by atoms with Crippen molar-refractivity contribution < 1.29 is 13.2 Å². The molecule has 18 heavy (non-hydrogen) atoms. The van der Waals surface area contributed by atoms with Gasteiger partial charge in [-0.1, -0.05) is 13.8 Å². The third kappa shape index (κ3) is 4.22. The fraction of sp³-hybridized carbons (Fsp3) is 0.909. The molecule has 1 amide bonds.